The number of sulfonamides is 1. The van der Waals surface area contributed by atoms with Gasteiger partial charge in [-0.05, 0) is 48.6 Å². The van der Waals surface area contributed by atoms with E-state index in [1.54, 1.807) is 12.1 Å². The molecule has 2 heterocycles. The van der Waals surface area contributed by atoms with E-state index in [1.165, 1.54) is 4.31 Å². The molecule has 1 unspecified atom stereocenters. The largest absolute Gasteiger partial charge is 0.339 e. The second-order valence-corrected chi connectivity index (χ2v) is 10.7. The van der Waals surface area contributed by atoms with Crippen LogP contribution in [0.5, 0.6) is 0 Å². The van der Waals surface area contributed by atoms with Gasteiger partial charge in [-0.2, -0.15) is 9.29 Å². The van der Waals surface area contributed by atoms with E-state index in [2.05, 4.69) is 39.9 Å². The minimum absolute atomic E-state index is 0.114. The third kappa shape index (κ3) is 4.36. The first-order valence-electron chi connectivity index (χ1n) is 10.0. The minimum Gasteiger partial charge on any atom is -0.339 e. The molecule has 8 heteroatoms. The summed E-state index contributed by atoms with van der Waals surface area (Å²) in [7, 11) is -3.56. The lowest BCUT2D eigenvalue weighted by Gasteiger charge is -2.30. The van der Waals surface area contributed by atoms with Crippen LogP contribution in [0.25, 0.3) is 11.4 Å². The van der Waals surface area contributed by atoms with Crippen LogP contribution in [0.1, 0.15) is 50.0 Å². The van der Waals surface area contributed by atoms with Crippen molar-refractivity contribution in [1.82, 2.24) is 14.4 Å². The summed E-state index contributed by atoms with van der Waals surface area (Å²) in [6, 6.07) is 14.9. The average Bonchev–Trinajstić information content (AvgIpc) is 3.24. The molecule has 0 bridgehead atoms. The van der Waals surface area contributed by atoms with E-state index in [-0.39, 0.29) is 5.92 Å². The standard InChI is InChI=1S/C22H24BrN3O3S/c1-15(2)16-8-10-20(11-9-16)30(27,28)26-12-4-6-18(14-26)22-24-21(25-29-22)17-5-3-7-19(23)13-17/h3,5,7-11,13,15,18H,4,6,12,14H2,1-2H3. The lowest BCUT2D eigenvalue weighted by molar-refractivity contribution is 0.265. The SMILES string of the molecule is CC(C)c1ccc(S(=O)(=O)N2CCCC(c3nc(-c4cccc(Br)c4)no3)C2)cc1. The molecule has 0 N–H and O–H groups in total. The first-order valence-corrected chi connectivity index (χ1v) is 12.3. The molecule has 1 fully saturated rings. The lowest BCUT2D eigenvalue weighted by Crippen LogP contribution is -2.39. The summed E-state index contributed by atoms with van der Waals surface area (Å²) in [6.07, 6.45) is 1.57. The second-order valence-electron chi connectivity index (χ2n) is 7.89. The maximum Gasteiger partial charge on any atom is 0.243 e. The molecular formula is C22H24BrN3O3S. The Hall–Kier alpha value is -2.03. The quantitative estimate of drug-likeness (QED) is 0.492. The molecule has 6 nitrogen and oxygen atoms in total. The predicted octanol–water partition coefficient (Wildman–Crippen LogP) is 5.19. The monoisotopic (exact) mass is 489 g/mol. The molecule has 2 aromatic carbocycles. The molecule has 1 aliphatic heterocycles. The molecule has 158 valence electrons. The summed E-state index contributed by atoms with van der Waals surface area (Å²) in [5.41, 5.74) is 1.97. The number of aromatic nitrogens is 2. The highest BCUT2D eigenvalue weighted by Gasteiger charge is 2.33. The minimum atomic E-state index is -3.56. The topological polar surface area (TPSA) is 76.3 Å². The Morgan fingerprint density at radius 3 is 2.63 bits per heavy atom. The highest BCUT2D eigenvalue weighted by atomic mass is 79.9. The Morgan fingerprint density at radius 2 is 1.93 bits per heavy atom. The highest BCUT2D eigenvalue weighted by Crippen LogP contribution is 2.31. The molecule has 1 atom stereocenters. The zero-order chi connectivity index (χ0) is 21.3. The van der Waals surface area contributed by atoms with Crippen molar-refractivity contribution in [3.63, 3.8) is 0 Å². The fraction of sp³-hybridized carbons (Fsp3) is 0.364. The summed E-state index contributed by atoms with van der Waals surface area (Å²) < 4.78 is 34.3. The molecule has 0 aliphatic carbocycles. The van der Waals surface area contributed by atoms with E-state index in [0.717, 1.165) is 28.4 Å². The zero-order valence-corrected chi connectivity index (χ0v) is 19.4. The van der Waals surface area contributed by atoms with Crippen LogP contribution in [0.4, 0.5) is 0 Å². The number of hydrogen-bond donors (Lipinski definition) is 0. The fourth-order valence-corrected chi connectivity index (χ4v) is 5.60. The van der Waals surface area contributed by atoms with Crippen molar-refractivity contribution in [2.45, 2.75) is 43.4 Å². The predicted molar refractivity (Wildman–Crippen MR) is 119 cm³/mol. The van der Waals surface area contributed by atoms with E-state index < -0.39 is 10.0 Å². The van der Waals surface area contributed by atoms with Gasteiger partial charge in [0.25, 0.3) is 0 Å². The van der Waals surface area contributed by atoms with Gasteiger partial charge in [-0.1, -0.05) is 59.2 Å². The van der Waals surface area contributed by atoms with Gasteiger partial charge in [0.1, 0.15) is 0 Å². The van der Waals surface area contributed by atoms with Crippen molar-refractivity contribution in [3.8, 4) is 11.4 Å². The normalized spacial score (nSPS) is 18.1. The molecule has 1 aliphatic rings. The Balaban J connectivity index is 1.53. The Kier molecular flexibility index (Phi) is 6.09. The van der Waals surface area contributed by atoms with E-state index in [0.29, 0.717) is 35.6 Å². The van der Waals surface area contributed by atoms with E-state index in [1.807, 2.05) is 36.4 Å². The van der Waals surface area contributed by atoms with Gasteiger partial charge in [-0.3, -0.25) is 0 Å². The number of nitrogens with zero attached hydrogens (tertiary/aromatic N) is 3. The molecule has 0 spiro atoms. The maximum atomic E-state index is 13.2. The van der Waals surface area contributed by atoms with Gasteiger partial charge < -0.3 is 4.52 Å². The second kappa shape index (κ2) is 8.61. The molecule has 0 radical (unpaired) electrons. The van der Waals surface area contributed by atoms with Crippen LogP contribution in [-0.4, -0.2) is 36.0 Å². The lowest BCUT2D eigenvalue weighted by atomic mass is 10.00. The van der Waals surface area contributed by atoms with Gasteiger partial charge >= 0.3 is 0 Å². The van der Waals surface area contributed by atoms with Crippen LogP contribution >= 0.6 is 15.9 Å². The molecule has 0 amide bonds. The summed E-state index contributed by atoms with van der Waals surface area (Å²) in [6.45, 7) is 5.02. The summed E-state index contributed by atoms with van der Waals surface area (Å²) >= 11 is 3.45. The number of hydrogen-bond acceptors (Lipinski definition) is 5. The first-order chi connectivity index (χ1) is 14.3. The maximum absolute atomic E-state index is 13.2. The van der Waals surface area contributed by atoms with E-state index >= 15 is 0 Å². The van der Waals surface area contributed by atoms with Crippen molar-refractivity contribution in [2.75, 3.05) is 13.1 Å². The van der Waals surface area contributed by atoms with Crippen LogP contribution in [0.3, 0.4) is 0 Å². The summed E-state index contributed by atoms with van der Waals surface area (Å²) in [4.78, 5) is 4.87. The number of rotatable bonds is 5. The van der Waals surface area contributed by atoms with Gasteiger partial charge in [-0.25, -0.2) is 8.42 Å². The van der Waals surface area contributed by atoms with Crippen LogP contribution in [0, 0.1) is 0 Å². The summed E-state index contributed by atoms with van der Waals surface area (Å²) in [5.74, 6) is 1.24. The molecule has 1 saturated heterocycles. The van der Waals surface area contributed by atoms with Crippen LogP contribution in [0.15, 0.2) is 62.4 Å². The van der Waals surface area contributed by atoms with Crippen molar-refractivity contribution in [3.05, 3.63) is 64.5 Å². The van der Waals surface area contributed by atoms with Gasteiger partial charge in [0.2, 0.25) is 21.7 Å². The molecule has 1 aromatic heterocycles. The Labute approximate surface area is 185 Å². The van der Waals surface area contributed by atoms with Crippen molar-refractivity contribution in [1.29, 1.82) is 0 Å². The third-order valence-corrected chi connectivity index (χ3v) is 7.82. The molecule has 30 heavy (non-hydrogen) atoms. The van der Waals surface area contributed by atoms with Crippen LogP contribution in [-0.2, 0) is 10.0 Å². The number of halogens is 1. The van der Waals surface area contributed by atoms with Crippen molar-refractivity contribution < 1.29 is 12.9 Å². The molecule has 3 aromatic rings. The van der Waals surface area contributed by atoms with Crippen LogP contribution in [0.2, 0.25) is 0 Å². The number of piperidine rings is 1. The first kappa shape index (κ1) is 21.2. The molecule has 4 rings (SSSR count). The Morgan fingerprint density at radius 1 is 1.17 bits per heavy atom. The molecule has 0 saturated carbocycles. The van der Waals surface area contributed by atoms with Gasteiger partial charge in [0.05, 0.1) is 10.8 Å². The van der Waals surface area contributed by atoms with Gasteiger partial charge in [0, 0.05) is 23.1 Å². The third-order valence-electron chi connectivity index (χ3n) is 5.44. The fourth-order valence-electron chi connectivity index (χ4n) is 3.68. The van der Waals surface area contributed by atoms with E-state index in [4.69, 9.17) is 4.52 Å². The van der Waals surface area contributed by atoms with Crippen LogP contribution < -0.4 is 0 Å². The van der Waals surface area contributed by atoms with Crippen molar-refractivity contribution in [2.24, 2.45) is 0 Å². The van der Waals surface area contributed by atoms with Crippen molar-refractivity contribution >= 4 is 26.0 Å². The smallest absolute Gasteiger partial charge is 0.243 e. The average molecular weight is 490 g/mol. The summed E-state index contributed by atoms with van der Waals surface area (Å²) in [5, 5.41) is 4.10. The zero-order valence-electron chi connectivity index (χ0n) is 17.0. The highest BCUT2D eigenvalue weighted by molar-refractivity contribution is 9.10. The number of benzene rings is 2. The van der Waals surface area contributed by atoms with Gasteiger partial charge in [0.15, 0.2) is 0 Å². The molecular weight excluding hydrogens is 466 g/mol. The van der Waals surface area contributed by atoms with Gasteiger partial charge in [-0.15, -0.1) is 0 Å². The Bertz CT molecular complexity index is 1130. The van der Waals surface area contributed by atoms with E-state index in [9.17, 15) is 8.42 Å².